The monoisotopic (exact) mass is 249 g/mol. The minimum absolute atomic E-state index is 0.310. The average Bonchev–Trinajstić information content (AvgIpc) is 2.65. The summed E-state index contributed by atoms with van der Waals surface area (Å²) >= 11 is 5.00. The van der Waals surface area contributed by atoms with Crippen molar-refractivity contribution in [2.75, 3.05) is 11.9 Å². The van der Waals surface area contributed by atoms with E-state index >= 15 is 0 Å². The smallest absolute Gasteiger partial charge is 0.171 e. The zero-order valence-corrected chi connectivity index (χ0v) is 11.0. The van der Waals surface area contributed by atoms with Gasteiger partial charge in [-0.2, -0.15) is 9.61 Å². The van der Waals surface area contributed by atoms with Crippen molar-refractivity contribution in [1.29, 1.82) is 0 Å². The predicted octanol–water partition coefficient (Wildman–Crippen LogP) is 1.28. The fourth-order valence-corrected chi connectivity index (χ4v) is 1.82. The van der Waals surface area contributed by atoms with Gasteiger partial charge in [-0.05, 0) is 37.7 Å². The first-order chi connectivity index (χ1) is 8.04. The van der Waals surface area contributed by atoms with Crippen molar-refractivity contribution < 1.29 is 0 Å². The van der Waals surface area contributed by atoms with Gasteiger partial charge in [-0.3, -0.25) is 0 Å². The number of rotatable bonds is 2. The second-order valence-electron chi connectivity index (χ2n) is 3.88. The van der Waals surface area contributed by atoms with E-state index in [1.54, 1.807) is 9.42 Å². The number of nitrogens with two attached hydrogens (primary N) is 1. The largest absolute Gasteiger partial charge is 0.376 e. The van der Waals surface area contributed by atoms with Gasteiger partial charge in [0.15, 0.2) is 16.6 Å². The molecule has 5 nitrogen and oxygen atoms in total. The second-order valence-corrected chi connectivity index (χ2v) is 4.30. The maximum atomic E-state index is 5.67. The Bertz CT molecular complexity index is 574. The molecule has 0 radical (unpaired) electrons. The molecule has 0 saturated carbocycles. The number of aryl methyl sites for hydroxylation is 2. The lowest BCUT2D eigenvalue weighted by Crippen LogP contribution is -2.33. The molecule has 2 aromatic rings. The number of hydrogen-bond donors (Lipinski definition) is 1. The number of nitrogens with zero attached hydrogens (tertiary/aromatic N) is 4. The summed E-state index contributed by atoms with van der Waals surface area (Å²) in [6, 6.07) is 3.88. The molecule has 0 atom stereocenters. The number of anilines is 1. The lowest BCUT2D eigenvalue weighted by Gasteiger charge is -2.17. The Morgan fingerprint density at radius 1 is 1.53 bits per heavy atom. The lowest BCUT2D eigenvalue weighted by atomic mass is 10.3. The first-order valence-electron chi connectivity index (χ1n) is 5.43. The van der Waals surface area contributed by atoms with Crippen LogP contribution >= 0.6 is 12.2 Å². The van der Waals surface area contributed by atoms with Crippen molar-refractivity contribution in [1.82, 2.24) is 14.6 Å². The van der Waals surface area contributed by atoms with Gasteiger partial charge in [0, 0.05) is 7.05 Å². The van der Waals surface area contributed by atoms with E-state index in [9.17, 15) is 0 Å². The fraction of sp³-hybridized carbons (Fsp3) is 0.364. The van der Waals surface area contributed by atoms with Crippen molar-refractivity contribution in [3.63, 3.8) is 0 Å². The van der Waals surface area contributed by atoms with E-state index in [4.69, 9.17) is 18.0 Å². The van der Waals surface area contributed by atoms with Crippen LogP contribution in [-0.4, -0.2) is 26.8 Å². The predicted molar refractivity (Wildman–Crippen MR) is 72.3 cm³/mol. The highest BCUT2D eigenvalue weighted by Gasteiger charge is 2.17. The van der Waals surface area contributed by atoms with Crippen molar-refractivity contribution in [2.45, 2.75) is 20.3 Å². The van der Waals surface area contributed by atoms with Crippen LogP contribution in [0.3, 0.4) is 0 Å². The molecule has 2 heterocycles. The number of thiocarbonyl (C=S) groups is 1. The van der Waals surface area contributed by atoms with Crippen LogP contribution in [0.15, 0.2) is 12.1 Å². The molecule has 6 heteroatoms. The molecule has 90 valence electrons. The summed E-state index contributed by atoms with van der Waals surface area (Å²) in [4.78, 5) is 6.26. The fourth-order valence-electron chi connectivity index (χ4n) is 1.74. The molecule has 0 fully saturated rings. The Labute approximate surface area is 105 Å². The van der Waals surface area contributed by atoms with Crippen LogP contribution in [0.1, 0.15) is 18.3 Å². The van der Waals surface area contributed by atoms with E-state index in [0.29, 0.717) is 5.11 Å². The molecule has 2 rings (SSSR count). The first-order valence-corrected chi connectivity index (χ1v) is 5.83. The van der Waals surface area contributed by atoms with Gasteiger partial charge in [-0.25, -0.2) is 4.98 Å². The zero-order valence-electron chi connectivity index (χ0n) is 10.1. The van der Waals surface area contributed by atoms with E-state index in [1.807, 2.05) is 33.0 Å². The first kappa shape index (κ1) is 11.8. The van der Waals surface area contributed by atoms with Crippen LogP contribution < -0.4 is 10.6 Å². The average molecular weight is 249 g/mol. The molecule has 0 aliphatic heterocycles. The second kappa shape index (κ2) is 4.29. The van der Waals surface area contributed by atoms with Gasteiger partial charge < -0.3 is 10.6 Å². The molecule has 17 heavy (non-hydrogen) atoms. The third kappa shape index (κ3) is 1.95. The van der Waals surface area contributed by atoms with E-state index < -0.39 is 0 Å². The summed E-state index contributed by atoms with van der Waals surface area (Å²) in [5, 5.41) is 4.76. The highest BCUT2D eigenvalue weighted by atomic mass is 32.1. The normalized spacial score (nSPS) is 10.8. The van der Waals surface area contributed by atoms with Crippen LogP contribution in [0, 0.1) is 6.92 Å². The number of fused-ring (bicyclic) bond motifs is 1. The minimum Gasteiger partial charge on any atom is -0.376 e. The highest BCUT2D eigenvalue weighted by Crippen LogP contribution is 2.21. The van der Waals surface area contributed by atoms with Gasteiger partial charge in [-0.15, -0.1) is 0 Å². The van der Waals surface area contributed by atoms with Crippen LogP contribution in [0.2, 0.25) is 0 Å². The molecule has 0 aliphatic carbocycles. The standard InChI is InChI=1S/C11H15N5S/c1-4-8-10(15(3)11(12)17)16-9(13-8)6-5-7(2)14-16/h5-6H,4H2,1-3H3,(H2,12,17). The Balaban J connectivity index is 2.72. The molecule has 0 amide bonds. The number of aromatic nitrogens is 3. The summed E-state index contributed by atoms with van der Waals surface area (Å²) in [7, 11) is 1.83. The maximum absolute atomic E-state index is 5.67. The van der Waals surface area contributed by atoms with Gasteiger partial charge >= 0.3 is 0 Å². The lowest BCUT2D eigenvalue weighted by molar-refractivity contribution is 0.885. The maximum Gasteiger partial charge on any atom is 0.171 e. The van der Waals surface area contributed by atoms with E-state index in [-0.39, 0.29) is 0 Å². The Morgan fingerprint density at radius 2 is 2.24 bits per heavy atom. The molecule has 0 spiro atoms. The quantitative estimate of drug-likeness (QED) is 0.812. The van der Waals surface area contributed by atoms with Crippen molar-refractivity contribution in [2.24, 2.45) is 5.73 Å². The number of hydrogen-bond acceptors (Lipinski definition) is 3. The molecule has 2 aromatic heterocycles. The van der Waals surface area contributed by atoms with Gasteiger partial charge in [0.1, 0.15) is 0 Å². The Morgan fingerprint density at radius 3 is 2.82 bits per heavy atom. The number of imidazole rings is 1. The molecule has 2 N–H and O–H groups in total. The van der Waals surface area contributed by atoms with Crippen molar-refractivity contribution >= 4 is 28.8 Å². The molecule has 0 aromatic carbocycles. The summed E-state index contributed by atoms with van der Waals surface area (Å²) in [6.07, 6.45) is 0.810. The van der Waals surface area contributed by atoms with Crippen LogP contribution in [0.5, 0.6) is 0 Å². The third-order valence-corrected chi connectivity index (χ3v) is 2.91. The minimum atomic E-state index is 0.310. The molecule has 0 aliphatic rings. The van der Waals surface area contributed by atoms with Gasteiger partial charge in [-0.1, -0.05) is 6.92 Å². The highest BCUT2D eigenvalue weighted by molar-refractivity contribution is 7.80. The zero-order chi connectivity index (χ0) is 12.6. The van der Waals surface area contributed by atoms with E-state index in [1.165, 1.54) is 0 Å². The summed E-state index contributed by atoms with van der Waals surface area (Å²) in [5.41, 5.74) is 8.35. The summed E-state index contributed by atoms with van der Waals surface area (Å²) in [6.45, 7) is 3.99. The van der Waals surface area contributed by atoms with Gasteiger partial charge in [0.25, 0.3) is 0 Å². The van der Waals surface area contributed by atoms with Crippen LogP contribution in [0.25, 0.3) is 5.65 Å². The van der Waals surface area contributed by atoms with Crippen molar-refractivity contribution in [3.8, 4) is 0 Å². The van der Waals surface area contributed by atoms with E-state index in [0.717, 1.165) is 29.3 Å². The van der Waals surface area contributed by atoms with E-state index in [2.05, 4.69) is 10.1 Å². The summed E-state index contributed by atoms with van der Waals surface area (Å²) < 4.78 is 1.79. The topological polar surface area (TPSA) is 59.5 Å². The molecule has 0 saturated heterocycles. The van der Waals surface area contributed by atoms with Crippen LogP contribution in [0.4, 0.5) is 5.82 Å². The van der Waals surface area contributed by atoms with Crippen LogP contribution in [-0.2, 0) is 6.42 Å². The molecular formula is C11H15N5S. The van der Waals surface area contributed by atoms with Gasteiger partial charge in [0.05, 0.1) is 11.4 Å². The Hall–Kier alpha value is -1.69. The summed E-state index contributed by atoms with van der Waals surface area (Å²) in [5.74, 6) is 0.846. The third-order valence-electron chi connectivity index (χ3n) is 2.64. The molecular weight excluding hydrogens is 234 g/mol. The van der Waals surface area contributed by atoms with Crippen molar-refractivity contribution in [3.05, 3.63) is 23.5 Å². The SMILES string of the molecule is CCc1nc2ccc(C)nn2c1N(C)C(N)=S. The molecule has 0 bridgehead atoms. The Kier molecular flexibility index (Phi) is 2.97. The molecule has 0 unspecified atom stereocenters. The van der Waals surface area contributed by atoms with Gasteiger partial charge in [0.2, 0.25) is 0 Å².